The van der Waals surface area contributed by atoms with Gasteiger partial charge >= 0.3 is 12.1 Å². The van der Waals surface area contributed by atoms with E-state index in [1.54, 1.807) is 31.7 Å². The van der Waals surface area contributed by atoms with E-state index in [1.165, 1.54) is 27.0 Å². The number of rotatable bonds is 24. The minimum Gasteiger partial charge on any atom is -0.493 e. The molecule has 2 atom stereocenters. The highest BCUT2D eigenvalue weighted by Crippen LogP contribution is 2.43. The molecule has 2 unspecified atom stereocenters. The molecule has 23 nitrogen and oxygen atoms in total. The van der Waals surface area contributed by atoms with Crippen molar-refractivity contribution in [3.63, 3.8) is 0 Å². The fourth-order valence-electron chi connectivity index (χ4n) is 11.1. The predicted molar refractivity (Wildman–Crippen MR) is 346 cm³/mol. The van der Waals surface area contributed by atoms with Crippen LogP contribution in [0.2, 0.25) is 0 Å². The SMILES string of the molecule is CCCCNC(=O)N(c1ccc(N(C)CC)cc1C)C1(n2cccn2)C(C)=Nn2nc(CCOc3ccc(C)cc3C)nc21.CCCCNC(=O)N(c1ccc(N(C)CC)cc1C)C1(n2cncn2)C(C)=Nn2nc(CCOc3ccc(C)cc3C)nc21. The monoisotopic (exact) mass is 1200 g/mol. The number of unbranched alkanes of at least 4 members (excludes halogenated alkanes) is 2. The van der Waals surface area contributed by atoms with Crippen LogP contribution in [0.5, 0.6) is 11.5 Å². The first-order chi connectivity index (χ1) is 42.4. The molecule has 2 aliphatic heterocycles. The first-order valence-electron chi connectivity index (χ1n) is 30.5. The van der Waals surface area contributed by atoms with Gasteiger partial charge in [0, 0.05) is 76.9 Å². The van der Waals surface area contributed by atoms with E-state index < -0.39 is 11.3 Å². The van der Waals surface area contributed by atoms with Crippen LogP contribution in [0.1, 0.15) is 124 Å². The third-order valence-corrected chi connectivity index (χ3v) is 16.1. The smallest absolute Gasteiger partial charge is 0.324 e. The van der Waals surface area contributed by atoms with Gasteiger partial charge in [-0.05, 0) is 159 Å². The number of nitrogens with zero attached hydrogens (tertiary/aromatic N) is 17. The lowest BCUT2D eigenvalue weighted by Crippen LogP contribution is -2.61. The molecule has 0 aliphatic carbocycles. The highest BCUT2D eigenvalue weighted by molar-refractivity contribution is 6.07. The van der Waals surface area contributed by atoms with E-state index >= 15 is 0 Å². The fourth-order valence-corrected chi connectivity index (χ4v) is 11.1. The Morgan fingerprint density at radius 1 is 0.568 bits per heavy atom. The number of aromatic nitrogens is 11. The third-order valence-electron chi connectivity index (χ3n) is 16.1. The van der Waals surface area contributed by atoms with Crippen LogP contribution in [-0.4, -0.2) is 131 Å². The zero-order valence-electron chi connectivity index (χ0n) is 53.5. The van der Waals surface area contributed by atoms with Crippen LogP contribution >= 0.6 is 0 Å². The summed E-state index contributed by atoms with van der Waals surface area (Å²) in [6.45, 7) is 28.0. The van der Waals surface area contributed by atoms with Gasteiger partial charge in [-0.2, -0.15) is 20.4 Å². The van der Waals surface area contributed by atoms with Crippen LogP contribution in [0, 0.1) is 41.5 Å². The summed E-state index contributed by atoms with van der Waals surface area (Å²) in [6, 6.07) is 25.7. The summed E-state index contributed by atoms with van der Waals surface area (Å²) in [5.74, 6) is 3.72. The van der Waals surface area contributed by atoms with Crippen LogP contribution in [0.15, 0.2) is 114 Å². The lowest BCUT2D eigenvalue weighted by molar-refractivity contribution is 0.236. The van der Waals surface area contributed by atoms with Crippen molar-refractivity contribution < 1.29 is 19.1 Å². The number of hydrogen-bond acceptors (Lipinski definition) is 15. The lowest BCUT2D eigenvalue weighted by atomic mass is 9.99. The lowest BCUT2D eigenvalue weighted by Gasteiger charge is -2.40. The molecule has 2 aliphatic rings. The molecule has 0 bridgehead atoms. The predicted octanol–water partition coefficient (Wildman–Crippen LogP) is 10.3. The van der Waals surface area contributed by atoms with E-state index in [9.17, 15) is 9.59 Å². The van der Waals surface area contributed by atoms with E-state index in [-0.39, 0.29) is 12.1 Å². The van der Waals surface area contributed by atoms with Gasteiger partial charge in [-0.15, -0.1) is 19.8 Å². The molecule has 0 radical (unpaired) electrons. The Kier molecular flexibility index (Phi) is 19.7. The first kappa shape index (κ1) is 63.1. The number of carbonyl (C=O) groups excluding carboxylic acids is 2. The molecule has 0 saturated heterocycles. The van der Waals surface area contributed by atoms with Crippen molar-refractivity contribution in [1.82, 2.24) is 64.9 Å². The Balaban J connectivity index is 0.000000209. The molecule has 23 heteroatoms. The molecule has 4 amide bonds. The van der Waals surface area contributed by atoms with E-state index in [1.807, 2.05) is 109 Å². The Morgan fingerprint density at radius 3 is 1.42 bits per heavy atom. The van der Waals surface area contributed by atoms with Crippen molar-refractivity contribution >= 4 is 46.2 Å². The molecule has 10 rings (SSSR count). The topological polar surface area (TPSA) is 224 Å². The molecule has 0 fully saturated rings. The Bertz CT molecular complexity index is 3530. The number of anilines is 4. The second-order valence-electron chi connectivity index (χ2n) is 22.5. The number of nitrogens with one attached hydrogen (secondary N) is 2. The Labute approximate surface area is 516 Å². The van der Waals surface area contributed by atoms with E-state index in [4.69, 9.17) is 39.8 Å². The normalized spacial score (nSPS) is 15.6. The molecule has 0 saturated carbocycles. The maximum Gasteiger partial charge on any atom is 0.324 e. The standard InChI is InChI=1S/C33H43N9O2.C32H42N10O2/c1-8-10-17-34-32(43)41(28-14-13-27(22-24(28)4)39(7)9-2)33(40-19-11-18-35-40)26(6)37-42-31(33)36-30(38-42)16-20-44-29-15-12-23(3)21-25(29)5;1-8-10-16-34-31(43)41(27-13-12-26(19-23(27)4)39(7)9-2)32(40-21-33-20-35-40)25(6)37-42-30(32)36-29(38-42)15-17-44-28-14-11-22(3)18-24(28)5/h11-15,18-19,21-22H,8-10,16-17,20H2,1-7H3,(H,34,43);11-14,18-21H,8-10,15-17H2,1-7H3,(H,34,43). The highest BCUT2D eigenvalue weighted by Gasteiger charge is 2.57. The number of hydrogen-bond donors (Lipinski definition) is 2. The number of ether oxygens (including phenoxy) is 2. The van der Waals surface area contributed by atoms with E-state index in [0.29, 0.717) is 79.6 Å². The molecule has 8 aromatic rings. The molecule has 88 heavy (non-hydrogen) atoms. The summed E-state index contributed by atoms with van der Waals surface area (Å²) in [7, 11) is 4.10. The van der Waals surface area contributed by atoms with Crippen molar-refractivity contribution in [3.8, 4) is 11.5 Å². The fraction of sp³-hybridized carbons (Fsp3) is 0.431. The van der Waals surface area contributed by atoms with Crippen molar-refractivity contribution in [2.24, 2.45) is 10.2 Å². The van der Waals surface area contributed by atoms with E-state index in [2.05, 4.69) is 108 Å². The molecule has 6 heterocycles. The highest BCUT2D eigenvalue weighted by atomic mass is 16.5. The van der Waals surface area contributed by atoms with Crippen LogP contribution in [-0.2, 0) is 24.2 Å². The summed E-state index contributed by atoms with van der Waals surface area (Å²) in [4.78, 5) is 53.6. The number of benzene rings is 4. The van der Waals surface area contributed by atoms with Gasteiger partial charge in [0.1, 0.15) is 24.2 Å². The average Bonchev–Trinajstić information content (AvgIpc) is 1.23. The van der Waals surface area contributed by atoms with Gasteiger partial charge in [0.05, 0.1) is 36.0 Å². The number of amides is 4. The van der Waals surface area contributed by atoms with Crippen LogP contribution < -0.4 is 39.7 Å². The second kappa shape index (κ2) is 27.5. The van der Waals surface area contributed by atoms with Gasteiger partial charge < -0.3 is 29.9 Å². The number of aryl methyl sites for hydroxylation is 6. The summed E-state index contributed by atoms with van der Waals surface area (Å²) in [6.07, 6.45) is 11.1. The van der Waals surface area contributed by atoms with Gasteiger partial charge in [0.25, 0.3) is 0 Å². The van der Waals surface area contributed by atoms with Crippen LogP contribution in [0.3, 0.4) is 0 Å². The zero-order chi connectivity index (χ0) is 62.9. The molecular formula is C65H85N19O4. The van der Waals surface area contributed by atoms with E-state index in [0.717, 1.165) is 89.6 Å². The number of fused-ring (bicyclic) bond motifs is 2. The van der Waals surface area contributed by atoms with Gasteiger partial charge in [-0.3, -0.25) is 9.80 Å². The average molecular weight is 1200 g/mol. The Morgan fingerprint density at radius 2 is 1.03 bits per heavy atom. The minimum absolute atomic E-state index is 0.264. The minimum atomic E-state index is -1.35. The van der Waals surface area contributed by atoms with Gasteiger partial charge in [-0.25, -0.2) is 33.9 Å². The maximum absolute atomic E-state index is 14.3. The van der Waals surface area contributed by atoms with Gasteiger partial charge in [0.2, 0.25) is 23.0 Å². The van der Waals surface area contributed by atoms with Gasteiger partial charge in [0.15, 0.2) is 11.6 Å². The quantitative estimate of drug-likeness (QED) is 0.0538. The van der Waals surface area contributed by atoms with Crippen molar-refractivity contribution in [2.75, 3.05) is 73.1 Å². The number of carbonyl (C=O) groups is 2. The summed E-state index contributed by atoms with van der Waals surface area (Å²) in [5.41, 5.74) is 8.51. The zero-order valence-corrected chi connectivity index (χ0v) is 53.5. The molecule has 4 aromatic heterocycles. The summed E-state index contributed by atoms with van der Waals surface area (Å²) >= 11 is 0. The van der Waals surface area contributed by atoms with Crippen molar-refractivity contribution in [2.45, 2.75) is 133 Å². The molecule has 0 spiro atoms. The molecule has 4 aromatic carbocycles. The second-order valence-corrected chi connectivity index (χ2v) is 22.5. The van der Waals surface area contributed by atoms with Crippen molar-refractivity contribution in [1.29, 1.82) is 0 Å². The first-order valence-corrected chi connectivity index (χ1v) is 30.5. The third kappa shape index (κ3) is 12.6. The number of urea groups is 2. The summed E-state index contributed by atoms with van der Waals surface area (Å²) < 4.78 is 15.6. The molecular weight excluding hydrogens is 1110 g/mol. The van der Waals surface area contributed by atoms with Crippen LogP contribution in [0.4, 0.5) is 32.3 Å². The molecule has 2 N–H and O–H groups in total. The summed E-state index contributed by atoms with van der Waals surface area (Å²) in [5, 5.41) is 34.5. The maximum atomic E-state index is 14.3. The Hall–Kier alpha value is -9.41. The van der Waals surface area contributed by atoms with Gasteiger partial charge in [-0.1, -0.05) is 62.1 Å². The molecule has 464 valence electrons. The van der Waals surface area contributed by atoms with Crippen LogP contribution in [0.25, 0.3) is 0 Å². The van der Waals surface area contributed by atoms with Crippen molar-refractivity contribution in [3.05, 3.63) is 161 Å². The largest absolute Gasteiger partial charge is 0.493 e.